The van der Waals surface area contributed by atoms with Gasteiger partial charge in [0, 0.05) is 0 Å². The number of hydrogen-bond acceptors (Lipinski definition) is 2. The second-order valence-corrected chi connectivity index (χ2v) is 3.09. The molecule has 2 nitrogen and oxygen atoms in total. The van der Waals surface area contributed by atoms with Crippen LogP contribution in [-0.2, 0) is 0 Å². The summed E-state index contributed by atoms with van der Waals surface area (Å²) < 4.78 is 5.27. The Kier molecular flexibility index (Phi) is 1.34. The summed E-state index contributed by atoms with van der Waals surface area (Å²) >= 11 is 0. The van der Waals surface area contributed by atoms with Gasteiger partial charge >= 0.3 is 0 Å². The fourth-order valence-corrected chi connectivity index (χ4v) is 1.46. The van der Waals surface area contributed by atoms with Gasteiger partial charge in [-0.25, -0.2) is 4.98 Å². The van der Waals surface area contributed by atoms with Crippen LogP contribution in [0.5, 0.6) is 0 Å². The van der Waals surface area contributed by atoms with Crippen molar-refractivity contribution in [2.75, 3.05) is 0 Å². The third-order valence-corrected chi connectivity index (χ3v) is 2.23. The fourth-order valence-electron chi connectivity index (χ4n) is 1.46. The van der Waals surface area contributed by atoms with Crippen LogP contribution in [0.3, 0.4) is 0 Å². The SMILES string of the molecule is CC1=c2ncoc2=C(C)CC1. The highest BCUT2D eigenvalue weighted by Gasteiger charge is 2.07. The van der Waals surface area contributed by atoms with Gasteiger partial charge in [0.2, 0.25) is 0 Å². The van der Waals surface area contributed by atoms with Crippen LogP contribution >= 0.6 is 0 Å². The molecule has 0 radical (unpaired) electrons. The molecule has 0 aliphatic heterocycles. The molecule has 0 N–H and O–H groups in total. The maximum absolute atomic E-state index is 5.27. The molecule has 1 aliphatic rings. The van der Waals surface area contributed by atoms with E-state index in [1.54, 1.807) is 0 Å². The van der Waals surface area contributed by atoms with Gasteiger partial charge < -0.3 is 4.42 Å². The van der Waals surface area contributed by atoms with E-state index in [4.69, 9.17) is 4.42 Å². The maximum Gasteiger partial charge on any atom is 0.181 e. The van der Waals surface area contributed by atoms with Gasteiger partial charge in [-0.05, 0) is 37.8 Å². The lowest BCUT2D eigenvalue weighted by atomic mass is 10.0. The first-order valence-electron chi connectivity index (χ1n) is 3.88. The number of aromatic nitrogens is 1. The molecule has 1 aromatic heterocycles. The predicted octanol–water partition coefficient (Wildman–Crippen LogP) is 0.810. The Morgan fingerprint density at radius 1 is 1.27 bits per heavy atom. The first-order valence-corrected chi connectivity index (χ1v) is 3.88. The van der Waals surface area contributed by atoms with E-state index in [9.17, 15) is 0 Å². The van der Waals surface area contributed by atoms with Crippen molar-refractivity contribution in [3.8, 4) is 0 Å². The lowest BCUT2D eigenvalue weighted by Gasteiger charge is -2.04. The van der Waals surface area contributed by atoms with E-state index < -0.39 is 0 Å². The molecule has 0 fully saturated rings. The number of oxazole rings is 1. The second-order valence-electron chi connectivity index (χ2n) is 3.09. The third-order valence-electron chi connectivity index (χ3n) is 2.23. The number of hydrogen-bond donors (Lipinski definition) is 0. The molecule has 0 saturated heterocycles. The molecule has 1 aromatic rings. The van der Waals surface area contributed by atoms with Gasteiger partial charge in [0.05, 0.1) is 0 Å². The van der Waals surface area contributed by atoms with Crippen molar-refractivity contribution in [2.45, 2.75) is 26.7 Å². The first kappa shape index (κ1) is 6.65. The monoisotopic (exact) mass is 149 g/mol. The van der Waals surface area contributed by atoms with Crippen LogP contribution in [0.1, 0.15) is 26.7 Å². The Morgan fingerprint density at radius 2 is 2.00 bits per heavy atom. The minimum absolute atomic E-state index is 0.994. The van der Waals surface area contributed by atoms with Crippen LogP contribution in [0.25, 0.3) is 11.1 Å². The molecule has 0 spiro atoms. The van der Waals surface area contributed by atoms with E-state index in [0.29, 0.717) is 0 Å². The van der Waals surface area contributed by atoms with Crippen molar-refractivity contribution in [1.29, 1.82) is 0 Å². The molecule has 0 unspecified atom stereocenters. The Balaban J connectivity index is 2.95. The Bertz CT molecular complexity index is 349. The van der Waals surface area contributed by atoms with Gasteiger partial charge in [0.25, 0.3) is 0 Å². The van der Waals surface area contributed by atoms with Crippen LogP contribution in [0.2, 0.25) is 0 Å². The molecule has 1 aliphatic carbocycles. The molecule has 11 heavy (non-hydrogen) atoms. The molecule has 0 bridgehead atoms. The summed E-state index contributed by atoms with van der Waals surface area (Å²) in [6.45, 7) is 4.23. The molecule has 0 aromatic carbocycles. The highest BCUT2D eigenvalue weighted by molar-refractivity contribution is 5.51. The smallest absolute Gasteiger partial charge is 0.181 e. The highest BCUT2D eigenvalue weighted by atomic mass is 16.3. The summed E-state index contributed by atoms with van der Waals surface area (Å²) in [6, 6.07) is 0. The Morgan fingerprint density at radius 3 is 2.73 bits per heavy atom. The second kappa shape index (κ2) is 2.22. The standard InChI is InChI=1S/C9H11NO/c1-6-3-4-7(2)9-8(6)10-5-11-9/h5H,3-4H2,1-2H3. The Hall–Kier alpha value is -1.05. The topological polar surface area (TPSA) is 26.0 Å². The number of fused-ring (bicyclic) bond motifs is 1. The van der Waals surface area contributed by atoms with E-state index in [0.717, 1.165) is 23.6 Å². The van der Waals surface area contributed by atoms with E-state index in [-0.39, 0.29) is 0 Å². The van der Waals surface area contributed by atoms with Crippen LogP contribution < -0.4 is 10.8 Å². The van der Waals surface area contributed by atoms with E-state index in [2.05, 4.69) is 18.8 Å². The summed E-state index contributed by atoms with van der Waals surface area (Å²) in [6.07, 6.45) is 3.78. The summed E-state index contributed by atoms with van der Waals surface area (Å²) in [7, 11) is 0. The lowest BCUT2D eigenvalue weighted by Crippen LogP contribution is -2.29. The van der Waals surface area contributed by atoms with Gasteiger partial charge in [-0.3, -0.25) is 0 Å². The Labute approximate surface area is 65.2 Å². The van der Waals surface area contributed by atoms with E-state index in [1.165, 1.54) is 17.5 Å². The van der Waals surface area contributed by atoms with E-state index >= 15 is 0 Å². The quantitative estimate of drug-likeness (QED) is 0.545. The molecule has 58 valence electrons. The van der Waals surface area contributed by atoms with Gasteiger partial charge in [0.1, 0.15) is 5.35 Å². The van der Waals surface area contributed by atoms with Crippen molar-refractivity contribution in [3.05, 3.63) is 17.2 Å². The van der Waals surface area contributed by atoms with Crippen molar-refractivity contribution >= 4 is 11.1 Å². The van der Waals surface area contributed by atoms with Crippen LogP contribution in [0.4, 0.5) is 0 Å². The van der Waals surface area contributed by atoms with Gasteiger partial charge in [-0.1, -0.05) is 0 Å². The number of nitrogens with zero attached hydrogens (tertiary/aromatic N) is 1. The zero-order valence-electron chi connectivity index (χ0n) is 6.85. The lowest BCUT2D eigenvalue weighted by molar-refractivity contribution is 0.518. The zero-order valence-corrected chi connectivity index (χ0v) is 6.85. The van der Waals surface area contributed by atoms with Gasteiger partial charge in [0.15, 0.2) is 11.8 Å². The van der Waals surface area contributed by atoms with Crippen molar-refractivity contribution in [2.24, 2.45) is 0 Å². The predicted molar refractivity (Wildman–Crippen MR) is 43.2 cm³/mol. The van der Waals surface area contributed by atoms with Crippen molar-refractivity contribution in [3.63, 3.8) is 0 Å². The number of rotatable bonds is 0. The highest BCUT2D eigenvalue weighted by Crippen LogP contribution is 2.11. The zero-order chi connectivity index (χ0) is 7.84. The van der Waals surface area contributed by atoms with Crippen LogP contribution in [-0.4, -0.2) is 4.98 Å². The van der Waals surface area contributed by atoms with E-state index in [1.807, 2.05) is 0 Å². The third kappa shape index (κ3) is 0.897. The molecule has 0 saturated carbocycles. The minimum Gasteiger partial charge on any atom is -0.444 e. The largest absolute Gasteiger partial charge is 0.444 e. The molecule has 0 atom stereocenters. The molecule has 2 heteroatoms. The molecule has 1 heterocycles. The van der Waals surface area contributed by atoms with Crippen LogP contribution in [0, 0.1) is 0 Å². The molecular weight excluding hydrogens is 138 g/mol. The average Bonchev–Trinajstić information content (AvgIpc) is 2.45. The minimum atomic E-state index is 0.994. The molecular formula is C9H11NO. The molecule has 2 rings (SSSR count). The normalized spacial score (nSPS) is 16.9. The first-order chi connectivity index (χ1) is 5.29. The summed E-state index contributed by atoms with van der Waals surface area (Å²) in [5, 5.41) is 1.06. The van der Waals surface area contributed by atoms with Gasteiger partial charge in [-0.2, -0.15) is 0 Å². The maximum atomic E-state index is 5.27. The average molecular weight is 149 g/mol. The summed E-state index contributed by atoms with van der Waals surface area (Å²) in [5.41, 5.74) is 3.66. The van der Waals surface area contributed by atoms with Crippen molar-refractivity contribution < 1.29 is 4.42 Å². The molecule has 0 amide bonds. The van der Waals surface area contributed by atoms with Gasteiger partial charge in [-0.15, -0.1) is 0 Å². The van der Waals surface area contributed by atoms with Crippen LogP contribution in [0.15, 0.2) is 10.8 Å². The van der Waals surface area contributed by atoms with Crippen molar-refractivity contribution in [1.82, 2.24) is 4.98 Å². The fraction of sp³-hybridized carbons (Fsp3) is 0.444. The summed E-state index contributed by atoms with van der Waals surface area (Å²) in [4.78, 5) is 4.16. The summed E-state index contributed by atoms with van der Waals surface area (Å²) in [5.74, 6) is 0.